The molecule has 0 aliphatic heterocycles. The van der Waals surface area contributed by atoms with Crippen LogP contribution in [0.3, 0.4) is 0 Å². The van der Waals surface area contributed by atoms with Gasteiger partial charge in [-0.25, -0.2) is 9.78 Å². The molecule has 0 spiro atoms. The van der Waals surface area contributed by atoms with Gasteiger partial charge in [-0.3, -0.25) is 4.79 Å². The zero-order chi connectivity index (χ0) is 9.30. The first-order valence-electron chi connectivity index (χ1n) is 3.02. The Morgan fingerprint density at radius 3 is 2.75 bits per heavy atom. The first kappa shape index (κ1) is 8.73. The third-order valence-electron chi connectivity index (χ3n) is 1.18. The van der Waals surface area contributed by atoms with E-state index in [9.17, 15) is 9.59 Å². The zero-order valence-electron chi connectivity index (χ0n) is 6.09. The lowest BCUT2D eigenvalue weighted by molar-refractivity contribution is 0.0690. The number of carboxylic acid groups (broad SMARTS) is 1. The molecule has 1 heterocycles. The number of rotatable bonds is 1. The van der Waals surface area contributed by atoms with E-state index < -0.39 is 22.2 Å². The third kappa shape index (κ3) is 1.45. The van der Waals surface area contributed by atoms with Crippen molar-refractivity contribution in [1.29, 1.82) is 0 Å². The van der Waals surface area contributed by atoms with Gasteiger partial charge in [-0.05, 0) is 6.92 Å². The Morgan fingerprint density at radius 1 is 1.67 bits per heavy atom. The number of aromatic carboxylic acids is 1. The molecule has 0 unspecified atom stereocenters. The number of H-pyrrole nitrogens is 1. The van der Waals surface area contributed by atoms with E-state index in [1.165, 1.54) is 6.92 Å². The fourth-order valence-corrected chi connectivity index (χ4v) is 0.883. The van der Waals surface area contributed by atoms with Gasteiger partial charge in [-0.15, -0.1) is 0 Å². The summed E-state index contributed by atoms with van der Waals surface area (Å²) < 4.78 is 0. The van der Waals surface area contributed by atoms with Gasteiger partial charge in [0.15, 0.2) is 5.69 Å². The van der Waals surface area contributed by atoms with E-state index in [-0.39, 0.29) is 5.82 Å². The quantitative estimate of drug-likeness (QED) is 0.670. The normalized spacial score (nSPS) is 9.83. The molecule has 5 nitrogen and oxygen atoms in total. The molecule has 0 saturated carbocycles. The molecular weight excluding hydrogens is 184 g/mol. The Bertz CT molecular complexity index is 385. The van der Waals surface area contributed by atoms with Crippen molar-refractivity contribution in [2.75, 3.05) is 0 Å². The van der Waals surface area contributed by atoms with Crippen molar-refractivity contribution in [2.24, 2.45) is 0 Å². The van der Waals surface area contributed by atoms with Crippen LogP contribution in [0.5, 0.6) is 0 Å². The average molecular weight is 189 g/mol. The lowest BCUT2D eigenvalue weighted by Gasteiger charge is -1.97. The van der Waals surface area contributed by atoms with Crippen molar-refractivity contribution in [2.45, 2.75) is 6.92 Å². The van der Waals surface area contributed by atoms with Crippen molar-refractivity contribution in [1.82, 2.24) is 9.97 Å². The van der Waals surface area contributed by atoms with Crippen LogP contribution in [-0.4, -0.2) is 21.0 Å². The van der Waals surface area contributed by atoms with Gasteiger partial charge in [0.25, 0.3) is 5.56 Å². The summed E-state index contributed by atoms with van der Waals surface area (Å²) in [5.41, 5.74) is -1.06. The van der Waals surface area contributed by atoms with E-state index in [1.54, 1.807) is 0 Å². The molecule has 0 bridgehead atoms. The molecule has 0 aliphatic rings. The maximum absolute atomic E-state index is 10.9. The lowest BCUT2D eigenvalue weighted by atomic mass is 10.4. The number of aromatic nitrogens is 2. The Kier molecular flexibility index (Phi) is 2.14. The van der Waals surface area contributed by atoms with Crippen LogP contribution < -0.4 is 5.56 Å². The molecule has 0 aromatic carbocycles. The van der Waals surface area contributed by atoms with Crippen LogP contribution in [0.2, 0.25) is 5.02 Å². The summed E-state index contributed by atoms with van der Waals surface area (Å²) in [5.74, 6) is -1.09. The largest absolute Gasteiger partial charge is 0.476 e. The van der Waals surface area contributed by atoms with Gasteiger partial charge < -0.3 is 10.1 Å². The summed E-state index contributed by atoms with van der Waals surface area (Å²) in [6.07, 6.45) is 0. The molecular formula is C6H5ClN2O3. The molecule has 12 heavy (non-hydrogen) atoms. The molecule has 0 atom stereocenters. The molecule has 2 N–H and O–H groups in total. The monoisotopic (exact) mass is 188 g/mol. The van der Waals surface area contributed by atoms with Crippen LogP contribution in [-0.2, 0) is 0 Å². The van der Waals surface area contributed by atoms with Crippen LogP contribution in [0.1, 0.15) is 16.3 Å². The maximum atomic E-state index is 10.9. The molecule has 1 aromatic heterocycles. The third-order valence-corrected chi connectivity index (χ3v) is 1.53. The van der Waals surface area contributed by atoms with E-state index in [2.05, 4.69) is 9.97 Å². The van der Waals surface area contributed by atoms with Gasteiger partial charge in [0, 0.05) is 0 Å². The second-order valence-corrected chi connectivity index (χ2v) is 2.50. The minimum atomic E-state index is -1.31. The van der Waals surface area contributed by atoms with E-state index in [0.717, 1.165) is 0 Å². The van der Waals surface area contributed by atoms with Crippen LogP contribution in [0, 0.1) is 6.92 Å². The smallest absolute Gasteiger partial charge is 0.356 e. The minimum absolute atomic E-state index is 0.224. The number of halogens is 1. The highest BCUT2D eigenvalue weighted by Crippen LogP contribution is 2.06. The maximum Gasteiger partial charge on any atom is 0.356 e. The van der Waals surface area contributed by atoms with E-state index in [4.69, 9.17) is 16.7 Å². The van der Waals surface area contributed by atoms with Crippen LogP contribution >= 0.6 is 11.6 Å². The first-order chi connectivity index (χ1) is 5.52. The van der Waals surface area contributed by atoms with Crippen molar-refractivity contribution in [3.05, 3.63) is 26.9 Å². The number of hydrogen-bond acceptors (Lipinski definition) is 3. The van der Waals surface area contributed by atoms with Gasteiger partial charge in [-0.2, -0.15) is 0 Å². The standard InChI is InChI=1S/C6H5ClN2O3/c1-2-8-4(6(11)12)3(7)5(10)9-2/h1H3,(H,11,12)(H,8,9,10). The number of hydrogen-bond donors (Lipinski definition) is 2. The molecule has 0 amide bonds. The second kappa shape index (κ2) is 2.94. The molecule has 6 heteroatoms. The summed E-state index contributed by atoms with van der Waals surface area (Å²) in [7, 11) is 0. The molecule has 1 aromatic rings. The Hall–Kier alpha value is -1.36. The van der Waals surface area contributed by atoms with Gasteiger partial charge in [0.05, 0.1) is 0 Å². The lowest BCUT2D eigenvalue weighted by Crippen LogP contribution is -2.16. The molecule has 0 aliphatic carbocycles. The van der Waals surface area contributed by atoms with E-state index >= 15 is 0 Å². The van der Waals surface area contributed by atoms with Crippen molar-refractivity contribution in [3.63, 3.8) is 0 Å². The Balaban J connectivity index is 3.48. The zero-order valence-corrected chi connectivity index (χ0v) is 6.84. The molecule has 1 rings (SSSR count). The number of aryl methyl sites for hydroxylation is 1. The number of nitrogens with one attached hydrogen (secondary N) is 1. The minimum Gasteiger partial charge on any atom is -0.476 e. The van der Waals surface area contributed by atoms with Crippen molar-refractivity contribution in [3.8, 4) is 0 Å². The van der Waals surface area contributed by atoms with Crippen LogP contribution in [0.25, 0.3) is 0 Å². The summed E-state index contributed by atoms with van der Waals surface area (Å²) in [5, 5.41) is 8.12. The predicted molar refractivity (Wildman–Crippen MR) is 41.6 cm³/mol. The molecule has 0 saturated heterocycles. The Morgan fingerprint density at radius 2 is 2.25 bits per heavy atom. The van der Waals surface area contributed by atoms with Gasteiger partial charge in [0.1, 0.15) is 10.8 Å². The predicted octanol–water partition coefficient (Wildman–Crippen LogP) is 0.430. The summed E-state index contributed by atoms with van der Waals surface area (Å²) in [6, 6.07) is 0. The fourth-order valence-electron chi connectivity index (χ4n) is 0.713. The summed E-state index contributed by atoms with van der Waals surface area (Å²) >= 11 is 5.37. The van der Waals surface area contributed by atoms with Crippen LogP contribution in [0.4, 0.5) is 0 Å². The Labute approximate surface area is 72.0 Å². The summed E-state index contributed by atoms with van der Waals surface area (Å²) in [6.45, 7) is 1.48. The van der Waals surface area contributed by atoms with E-state index in [0.29, 0.717) is 0 Å². The fraction of sp³-hybridized carbons (Fsp3) is 0.167. The number of aromatic amines is 1. The average Bonchev–Trinajstić information content (AvgIpc) is 1.96. The topological polar surface area (TPSA) is 83.0 Å². The number of carboxylic acids is 1. The highest BCUT2D eigenvalue weighted by molar-refractivity contribution is 6.32. The summed E-state index contributed by atoms with van der Waals surface area (Å²) in [4.78, 5) is 27.1. The molecule has 0 radical (unpaired) electrons. The van der Waals surface area contributed by atoms with Crippen molar-refractivity contribution >= 4 is 17.6 Å². The SMILES string of the molecule is Cc1nc(C(=O)O)c(Cl)c(=O)[nH]1. The van der Waals surface area contributed by atoms with Crippen LogP contribution in [0.15, 0.2) is 4.79 Å². The van der Waals surface area contributed by atoms with E-state index in [1.807, 2.05) is 0 Å². The second-order valence-electron chi connectivity index (χ2n) is 2.12. The molecule has 0 fully saturated rings. The van der Waals surface area contributed by atoms with Gasteiger partial charge in [0.2, 0.25) is 0 Å². The number of nitrogens with zero attached hydrogens (tertiary/aromatic N) is 1. The first-order valence-corrected chi connectivity index (χ1v) is 3.40. The van der Waals surface area contributed by atoms with Gasteiger partial charge in [-0.1, -0.05) is 11.6 Å². The van der Waals surface area contributed by atoms with Crippen molar-refractivity contribution < 1.29 is 9.90 Å². The molecule has 64 valence electrons. The highest BCUT2D eigenvalue weighted by atomic mass is 35.5. The van der Waals surface area contributed by atoms with Gasteiger partial charge >= 0.3 is 5.97 Å². The number of carbonyl (C=O) groups is 1. The highest BCUT2D eigenvalue weighted by Gasteiger charge is 2.13.